The van der Waals surface area contributed by atoms with E-state index in [1.54, 1.807) is 11.3 Å². The summed E-state index contributed by atoms with van der Waals surface area (Å²) in [5.41, 5.74) is 3.42. The number of rotatable bonds is 3. The molecule has 94 valence electrons. The molecule has 0 aliphatic carbocycles. The average Bonchev–Trinajstić information content (AvgIpc) is 3.05. The van der Waals surface area contributed by atoms with E-state index in [1.165, 1.54) is 11.1 Å². The van der Waals surface area contributed by atoms with Gasteiger partial charge in [0.05, 0.1) is 6.61 Å². The van der Waals surface area contributed by atoms with E-state index in [9.17, 15) is 5.11 Å². The molecule has 1 aliphatic heterocycles. The Balaban J connectivity index is 1.95. The van der Waals surface area contributed by atoms with Gasteiger partial charge in [0.15, 0.2) is 0 Å². The summed E-state index contributed by atoms with van der Waals surface area (Å²) in [7, 11) is 0. The predicted octanol–water partition coefficient (Wildman–Crippen LogP) is 3.33. The number of hydrogen-bond acceptors (Lipinski definition) is 3. The van der Waals surface area contributed by atoms with Crippen molar-refractivity contribution in [3.8, 4) is 5.75 Å². The highest BCUT2D eigenvalue weighted by Gasteiger charge is 2.19. The predicted molar refractivity (Wildman–Crippen MR) is 73.4 cm³/mol. The Bertz CT molecular complexity index is 559. The van der Waals surface area contributed by atoms with Crippen molar-refractivity contribution in [3.63, 3.8) is 0 Å². The minimum absolute atomic E-state index is 0.508. The molecule has 0 fully saturated rings. The van der Waals surface area contributed by atoms with Gasteiger partial charge in [0.2, 0.25) is 0 Å². The number of aryl methyl sites for hydroxylation is 1. The maximum atomic E-state index is 10.5. The first kappa shape index (κ1) is 11.8. The van der Waals surface area contributed by atoms with Crippen LogP contribution in [0.4, 0.5) is 0 Å². The fourth-order valence-corrected chi connectivity index (χ4v) is 3.42. The van der Waals surface area contributed by atoms with Crippen LogP contribution < -0.4 is 4.74 Å². The van der Waals surface area contributed by atoms with E-state index >= 15 is 0 Å². The van der Waals surface area contributed by atoms with Crippen molar-refractivity contribution in [3.05, 3.63) is 51.2 Å². The van der Waals surface area contributed by atoms with Crippen LogP contribution in [-0.2, 0) is 12.8 Å². The lowest BCUT2D eigenvalue weighted by atomic mass is 10.0. The van der Waals surface area contributed by atoms with E-state index in [2.05, 4.69) is 19.1 Å². The van der Waals surface area contributed by atoms with Crippen molar-refractivity contribution in [1.29, 1.82) is 0 Å². The van der Waals surface area contributed by atoms with Crippen LogP contribution in [0.1, 0.15) is 34.6 Å². The molecule has 1 aliphatic rings. The SMILES string of the molecule is CCc1ccsc1C(O)c1ccc2c(c1)CCO2. The maximum Gasteiger partial charge on any atom is 0.122 e. The molecule has 0 bridgehead atoms. The molecule has 1 aromatic heterocycles. The average molecular weight is 260 g/mol. The summed E-state index contributed by atoms with van der Waals surface area (Å²) in [6.07, 6.45) is 1.40. The second-order valence-electron chi connectivity index (χ2n) is 4.53. The number of aliphatic hydroxyl groups is 1. The highest BCUT2D eigenvalue weighted by atomic mass is 32.1. The Morgan fingerprint density at radius 1 is 1.39 bits per heavy atom. The van der Waals surface area contributed by atoms with E-state index in [1.807, 2.05) is 17.5 Å². The van der Waals surface area contributed by atoms with Gasteiger partial charge in [0.1, 0.15) is 11.9 Å². The first-order valence-corrected chi connectivity index (χ1v) is 7.17. The zero-order chi connectivity index (χ0) is 12.5. The van der Waals surface area contributed by atoms with Crippen molar-refractivity contribution in [2.45, 2.75) is 25.9 Å². The van der Waals surface area contributed by atoms with Crippen LogP contribution in [0.25, 0.3) is 0 Å². The monoisotopic (exact) mass is 260 g/mol. The zero-order valence-electron chi connectivity index (χ0n) is 10.3. The molecule has 2 aromatic rings. The Morgan fingerprint density at radius 2 is 2.28 bits per heavy atom. The van der Waals surface area contributed by atoms with E-state index in [0.29, 0.717) is 0 Å². The molecule has 0 saturated heterocycles. The molecule has 2 nitrogen and oxygen atoms in total. The molecule has 2 heterocycles. The Morgan fingerprint density at radius 3 is 3.11 bits per heavy atom. The highest BCUT2D eigenvalue weighted by molar-refractivity contribution is 7.10. The van der Waals surface area contributed by atoms with Crippen molar-refractivity contribution < 1.29 is 9.84 Å². The maximum absolute atomic E-state index is 10.5. The molecule has 0 saturated carbocycles. The van der Waals surface area contributed by atoms with Gasteiger partial charge < -0.3 is 9.84 Å². The van der Waals surface area contributed by atoms with Crippen LogP contribution in [0, 0.1) is 0 Å². The minimum atomic E-state index is -0.508. The smallest absolute Gasteiger partial charge is 0.122 e. The minimum Gasteiger partial charge on any atom is -0.493 e. The summed E-state index contributed by atoms with van der Waals surface area (Å²) < 4.78 is 5.49. The number of benzene rings is 1. The quantitative estimate of drug-likeness (QED) is 0.917. The van der Waals surface area contributed by atoms with Gasteiger partial charge in [0, 0.05) is 11.3 Å². The van der Waals surface area contributed by atoms with Crippen LogP contribution >= 0.6 is 11.3 Å². The van der Waals surface area contributed by atoms with Gasteiger partial charge in [0.25, 0.3) is 0 Å². The largest absolute Gasteiger partial charge is 0.493 e. The molecule has 3 rings (SSSR count). The zero-order valence-corrected chi connectivity index (χ0v) is 11.2. The summed E-state index contributed by atoms with van der Waals surface area (Å²) in [5.74, 6) is 0.966. The summed E-state index contributed by atoms with van der Waals surface area (Å²) >= 11 is 1.63. The summed E-state index contributed by atoms with van der Waals surface area (Å²) in [6.45, 7) is 2.88. The fraction of sp³-hybridized carbons (Fsp3) is 0.333. The number of thiophene rings is 1. The fourth-order valence-electron chi connectivity index (χ4n) is 2.41. The summed E-state index contributed by atoms with van der Waals surface area (Å²) in [6, 6.07) is 8.11. The standard InChI is InChI=1S/C15H16O2S/c1-2-10-6-8-18-15(10)14(16)12-3-4-13-11(9-12)5-7-17-13/h3-4,6,8-9,14,16H,2,5,7H2,1H3. The third-order valence-corrected chi connectivity index (χ3v) is 4.45. The molecular formula is C15H16O2S. The van der Waals surface area contributed by atoms with Gasteiger partial charge in [-0.1, -0.05) is 13.0 Å². The molecule has 1 atom stereocenters. The van der Waals surface area contributed by atoms with Crippen LogP contribution in [0.2, 0.25) is 0 Å². The number of fused-ring (bicyclic) bond motifs is 1. The second-order valence-corrected chi connectivity index (χ2v) is 5.48. The van der Waals surface area contributed by atoms with Gasteiger partial charge in [-0.05, 0) is 46.7 Å². The van der Waals surface area contributed by atoms with Gasteiger partial charge in [-0.25, -0.2) is 0 Å². The first-order valence-electron chi connectivity index (χ1n) is 6.29. The van der Waals surface area contributed by atoms with Crippen molar-refractivity contribution in [1.82, 2.24) is 0 Å². The lowest BCUT2D eigenvalue weighted by molar-refractivity contribution is 0.223. The van der Waals surface area contributed by atoms with Crippen LogP contribution in [0.3, 0.4) is 0 Å². The molecule has 1 N–H and O–H groups in total. The topological polar surface area (TPSA) is 29.5 Å². The number of aliphatic hydroxyl groups excluding tert-OH is 1. The van der Waals surface area contributed by atoms with E-state index in [-0.39, 0.29) is 0 Å². The Hall–Kier alpha value is -1.32. The molecule has 3 heteroatoms. The summed E-state index contributed by atoms with van der Waals surface area (Å²) in [4.78, 5) is 1.07. The van der Waals surface area contributed by atoms with Crippen molar-refractivity contribution in [2.24, 2.45) is 0 Å². The van der Waals surface area contributed by atoms with Gasteiger partial charge in [-0.3, -0.25) is 0 Å². The highest BCUT2D eigenvalue weighted by Crippen LogP contribution is 2.33. The Labute approximate surface area is 111 Å². The molecule has 0 radical (unpaired) electrons. The van der Waals surface area contributed by atoms with Crippen LogP contribution in [-0.4, -0.2) is 11.7 Å². The van der Waals surface area contributed by atoms with Crippen LogP contribution in [0.15, 0.2) is 29.6 Å². The third-order valence-electron chi connectivity index (χ3n) is 3.44. The first-order chi connectivity index (χ1) is 8.79. The second kappa shape index (κ2) is 4.75. The molecule has 18 heavy (non-hydrogen) atoms. The molecule has 1 aromatic carbocycles. The summed E-state index contributed by atoms with van der Waals surface area (Å²) in [5, 5.41) is 12.5. The van der Waals surface area contributed by atoms with Gasteiger partial charge in [-0.2, -0.15) is 0 Å². The number of ether oxygens (including phenoxy) is 1. The number of hydrogen-bond donors (Lipinski definition) is 1. The normalized spacial score (nSPS) is 15.2. The lowest BCUT2D eigenvalue weighted by Crippen LogP contribution is -2.00. The van der Waals surface area contributed by atoms with Gasteiger partial charge >= 0.3 is 0 Å². The van der Waals surface area contributed by atoms with Gasteiger partial charge in [-0.15, -0.1) is 11.3 Å². The van der Waals surface area contributed by atoms with Crippen molar-refractivity contribution >= 4 is 11.3 Å². The van der Waals surface area contributed by atoms with E-state index in [0.717, 1.165) is 35.6 Å². The molecular weight excluding hydrogens is 244 g/mol. The lowest BCUT2D eigenvalue weighted by Gasteiger charge is -2.12. The molecule has 1 unspecified atom stereocenters. The van der Waals surface area contributed by atoms with E-state index in [4.69, 9.17) is 4.74 Å². The molecule has 0 amide bonds. The van der Waals surface area contributed by atoms with E-state index < -0.39 is 6.10 Å². The van der Waals surface area contributed by atoms with Crippen LogP contribution in [0.5, 0.6) is 5.75 Å². The third kappa shape index (κ3) is 1.93. The van der Waals surface area contributed by atoms with Crippen molar-refractivity contribution in [2.75, 3.05) is 6.61 Å². The molecule has 0 spiro atoms. The Kier molecular flexibility index (Phi) is 3.10.